The molecule has 2 saturated carbocycles. The molecule has 10 heteroatoms. The Hall–Kier alpha value is -3.76. The van der Waals surface area contributed by atoms with E-state index in [1.807, 2.05) is 62.4 Å². The summed E-state index contributed by atoms with van der Waals surface area (Å²) in [7, 11) is 1.74. The van der Waals surface area contributed by atoms with Crippen LogP contribution >= 0.6 is 15.9 Å². The lowest BCUT2D eigenvalue weighted by Gasteiger charge is -2.36. The SMILES string of the molecule is CC.COc1ccccc1N1CCN(CCCCOc2ccc3c(c2)OC2(CCCC2)CC3=O)CC1.O=C1CC2(CCCC2)Oc2cc(OCCCCBr)ccc21. The zero-order valence-corrected chi connectivity index (χ0v) is 36.0. The van der Waals surface area contributed by atoms with Gasteiger partial charge >= 0.3 is 0 Å². The van der Waals surface area contributed by atoms with Crippen LogP contribution in [0.2, 0.25) is 0 Å². The summed E-state index contributed by atoms with van der Waals surface area (Å²) in [6.45, 7) is 10.6. The molecule has 0 aromatic heterocycles. The monoisotopic (exact) mass is 846 g/mol. The van der Waals surface area contributed by atoms with Crippen molar-refractivity contribution < 1.29 is 33.3 Å². The van der Waals surface area contributed by atoms with Crippen LogP contribution in [0.4, 0.5) is 5.69 Å². The van der Waals surface area contributed by atoms with Crippen LogP contribution in [0.15, 0.2) is 60.7 Å². The lowest BCUT2D eigenvalue weighted by Crippen LogP contribution is -2.46. The molecule has 3 aromatic carbocycles. The highest BCUT2D eigenvalue weighted by molar-refractivity contribution is 9.09. The van der Waals surface area contributed by atoms with E-state index >= 15 is 0 Å². The molecular formula is C47H63BrN2O7. The summed E-state index contributed by atoms with van der Waals surface area (Å²) < 4.78 is 29.8. The fourth-order valence-corrected chi connectivity index (χ4v) is 9.24. The van der Waals surface area contributed by atoms with Gasteiger partial charge in [-0.3, -0.25) is 14.5 Å². The Morgan fingerprint density at radius 1 is 0.667 bits per heavy atom. The number of Topliss-reactive ketones (excluding diaryl/α,β-unsaturated/α-hetero) is 2. The topological polar surface area (TPSA) is 86.8 Å². The Kier molecular flexibility index (Phi) is 15.6. The molecule has 310 valence electrons. The van der Waals surface area contributed by atoms with Gasteiger partial charge in [-0.2, -0.15) is 0 Å². The van der Waals surface area contributed by atoms with Crippen molar-refractivity contribution in [3.63, 3.8) is 0 Å². The fraction of sp³-hybridized carbons (Fsp3) is 0.574. The number of carbonyl (C=O) groups is 2. The molecule has 8 rings (SSSR count). The molecule has 3 aromatic rings. The van der Waals surface area contributed by atoms with Gasteiger partial charge < -0.3 is 28.6 Å². The molecule has 3 fully saturated rings. The minimum atomic E-state index is -0.266. The Morgan fingerprint density at radius 3 is 1.68 bits per heavy atom. The number of methoxy groups -OCH3 is 1. The van der Waals surface area contributed by atoms with Gasteiger partial charge in [0.25, 0.3) is 0 Å². The molecule has 3 heterocycles. The van der Waals surface area contributed by atoms with Gasteiger partial charge in [0.05, 0.1) is 50.0 Å². The molecule has 0 unspecified atom stereocenters. The van der Waals surface area contributed by atoms with Crippen LogP contribution in [0.5, 0.6) is 28.7 Å². The van der Waals surface area contributed by atoms with E-state index in [9.17, 15) is 9.59 Å². The average molecular weight is 848 g/mol. The molecule has 3 aliphatic heterocycles. The van der Waals surface area contributed by atoms with Crippen LogP contribution in [0.25, 0.3) is 0 Å². The van der Waals surface area contributed by atoms with Crippen LogP contribution in [-0.4, -0.2) is 86.0 Å². The summed E-state index contributed by atoms with van der Waals surface area (Å²) >= 11 is 3.41. The van der Waals surface area contributed by atoms with Crippen molar-refractivity contribution in [2.24, 2.45) is 0 Å². The highest BCUT2D eigenvalue weighted by Gasteiger charge is 2.44. The van der Waals surface area contributed by atoms with Gasteiger partial charge in [-0.25, -0.2) is 0 Å². The molecule has 0 amide bonds. The number of rotatable bonds is 13. The number of unbranched alkanes of at least 4 members (excludes halogenated alkanes) is 2. The fourth-order valence-electron chi connectivity index (χ4n) is 8.84. The highest BCUT2D eigenvalue weighted by Crippen LogP contribution is 2.45. The number of carbonyl (C=O) groups excluding carboxylic acids is 2. The van der Waals surface area contributed by atoms with Crippen molar-refractivity contribution in [2.45, 2.75) is 115 Å². The quantitative estimate of drug-likeness (QED) is 0.123. The van der Waals surface area contributed by atoms with Crippen LogP contribution < -0.4 is 28.6 Å². The number of fused-ring (bicyclic) bond motifs is 2. The number of benzene rings is 3. The number of hydrogen-bond donors (Lipinski definition) is 0. The number of nitrogens with zero attached hydrogens (tertiary/aromatic N) is 2. The van der Waals surface area contributed by atoms with Crippen LogP contribution in [0, 0.1) is 0 Å². The first-order valence-corrected chi connectivity index (χ1v) is 22.6. The van der Waals surface area contributed by atoms with Gasteiger partial charge in [0.2, 0.25) is 0 Å². The van der Waals surface area contributed by atoms with E-state index in [0.29, 0.717) is 48.7 Å². The highest BCUT2D eigenvalue weighted by atomic mass is 79.9. The van der Waals surface area contributed by atoms with Crippen molar-refractivity contribution >= 4 is 33.2 Å². The zero-order valence-electron chi connectivity index (χ0n) is 34.5. The molecule has 0 N–H and O–H groups in total. The third kappa shape index (κ3) is 11.0. The maximum atomic E-state index is 12.6. The maximum Gasteiger partial charge on any atom is 0.170 e. The number of alkyl halides is 1. The van der Waals surface area contributed by atoms with Gasteiger partial charge in [0.1, 0.15) is 39.9 Å². The number of hydrogen-bond acceptors (Lipinski definition) is 9. The minimum absolute atomic E-state index is 0.209. The van der Waals surface area contributed by atoms with E-state index in [4.69, 9.17) is 23.7 Å². The molecule has 0 radical (unpaired) electrons. The van der Waals surface area contributed by atoms with Crippen LogP contribution in [0.1, 0.15) is 124 Å². The summed E-state index contributed by atoms with van der Waals surface area (Å²) in [5, 5.41) is 1.00. The molecule has 0 bridgehead atoms. The number of piperazine rings is 1. The lowest BCUT2D eigenvalue weighted by atomic mass is 9.88. The molecular weight excluding hydrogens is 784 g/mol. The largest absolute Gasteiger partial charge is 0.495 e. The van der Waals surface area contributed by atoms with E-state index in [1.54, 1.807) is 7.11 Å². The Morgan fingerprint density at radius 2 is 1.18 bits per heavy atom. The molecule has 2 spiro atoms. The van der Waals surface area contributed by atoms with Crippen molar-refractivity contribution in [3.8, 4) is 28.7 Å². The molecule has 57 heavy (non-hydrogen) atoms. The van der Waals surface area contributed by atoms with Crippen molar-refractivity contribution in [2.75, 3.05) is 63.3 Å². The second-order valence-electron chi connectivity index (χ2n) is 15.8. The van der Waals surface area contributed by atoms with E-state index < -0.39 is 0 Å². The molecule has 0 atom stereocenters. The maximum absolute atomic E-state index is 12.6. The van der Waals surface area contributed by atoms with Crippen molar-refractivity contribution in [3.05, 3.63) is 71.8 Å². The first kappa shape index (κ1) is 42.8. The predicted octanol–water partition coefficient (Wildman–Crippen LogP) is 10.5. The van der Waals surface area contributed by atoms with Crippen LogP contribution in [0.3, 0.4) is 0 Å². The summed E-state index contributed by atoms with van der Waals surface area (Å²) in [6, 6.07) is 19.6. The van der Waals surface area contributed by atoms with Gasteiger partial charge in [-0.1, -0.05) is 41.9 Å². The van der Waals surface area contributed by atoms with Crippen LogP contribution in [-0.2, 0) is 0 Å². The number of ketones is 2. The zero-order chi connectivity index (χ0) is 40.1. The van der Waals surface area contributed by atoms with Gasteiger partial charge in [0, 0.05) is 43.6 Å². The summed E-state index contributed by atoms with van der Waals surface area (Å²) in [5.74, 6) is 4.39. The smallest absolute Gasteiger partial charge is 0.170 e. The predicted molar refractivity (Wildman–Crippen MR) is 231 cm³/mol. The van der Waals surface area contributed by atoms with Crippen molar-refractivity contribution in [1.29, 1.82) is 0 Å². The Labute approximate surface area is 348 Å². The summed E-state index contributed by atoms with van der Waals surface area (Å²) in [5.41, 5.74) is 2.10. The lowest BCUT2D eigenvalue weighted by molar-refractivity contribution is 0.0438. The molecule has 9 nitrogen and oxygen atoms in total. The van der Waals surface area contributed by atoms with E-state index in [1.165, 1.54) is 5.69 Å². The number of anilines is 1. The minimum Gasteiger partial charge on any atom is -0.495 e. The molecule has 5 aliphatic rings. The number of ether oxygens (including phenoxy) is 5. The molecule has 1 saturated heterocycles. The first-order valence-electron chi connectivity index (χ1n) is 21.5. The Bertz CT molecular complexity index is 1760. The molecule has 2 aliphatic carbocycles. The van der Waals surface area contributed by atoms with Gasteiger partial charge in [-0.05, 0) is 120 Å². The second-order valence-corrected chi connectivity index (χ2v) is 16.6. The van der Waals surface area contributed by atoms with Gasteiger partial charge in [-0.15, -0.1) is 0 Å². The third-order valence-electron chi connectivity index (χ3n) is 11.9. The first-order chi connectivity index (χ1) is 27.9. The number of halogens is 1. The third-order valence-corrected chi connectivity index (χ3v) is 12.4. The van der Waals surface area contributed by atoms with E-state index in [-0.39, 0.29) is 22.8 Å². The average Bonchev–Trinajstić information content (AvgIpc) is 3.89. The Balaban J connectivity index is 0.000000205. The number of para-hydroxylation sites is 2. The van der Waals surface area contributed by atoms with E-state index in [2.05, 4.69) is 37.9 Å². The normalized spacial score (nSPS) is 19.0. The second kappa shape index (κ2) is 20.8. The van der Waals surface area contributed by atoms with Crippen molar-refractivity contribution in [1.82, 2.24) is 4.90 Å². The van der Waals surface area contributed by atoms with E-state index in [0.717, 1.165) is 132 Å². The van der Waals surface area contributed by atoms with Gasteiger partial charge in [0.15, 0.2) is 11.6 Å². The summed E-state index contributed by atoms with van der Waals surface area (Å²) in [4.78, 5) is 29.9. The standard InChI is InChI=1S/C28H36N2O4.C17H21BrO3.C2H6/c1-32-26-9-3-2-8-24(26)30-17-15-29(16-18-30)14-6-7-19-33-22-10-11-23-25(31)21-28(12-4-5-13-28)34-27(23)20-22;18-9-3-4-10-20-13-5-6-14-15(19)12-17(7-1-2-8-17)21-16(14)11-13;1-2/h2-3,8-11,20H,4-7,12-19,21H2,1H3;5-6,11H,1-4,7-10,12H2;1-2H3. The summed E-state index contributed by atoms with van der Waals surface area (Å²) in [6.07, 6.45) is 13.9.